The third kappa shape index (κ3) is 3.08. The summed E-state index contributed by atoms with van der Waals surface area (Å²) in [6.45, 7) is 0. The molecular formula is C19H14ClN3. The van der Waals surface area contributed by atoms with Crippen LogP contribution in [0.2, 0.25) is 5.02 Å². The second kappa shape index (κ2) is 6.60. The minimum Gasteiger partial charge on any atom is -0.261 e. The quantitative estimate of drug-likeness (QED) is 0.724. The van der Waals surface area contributed by atoms with E-state index in [0.717, 1.165) is 11.1 Å². The molecule has 0 amide bonds. The Balaban J connectivity index is 2.16. The fourth-order valence-corrected chi connectivity index (χ4v) is 2.78. The van der Waals surface area contributed by atoms with E-state index < -0.39 is 5.41 Å². The van der Waals surface area contributed by atoms with Crippen molar-refractivity contribution in [3.63, 3.8) is 0 Å². The highest BCUT2D eigenvalue weighted by Gasteiger charge is 2.36. The summed E-state index contributed by atoms with van der Waals surface area (Å²) in [6.07, 6.45) is 5.39. The van der Waals surface area contributed by atoms with Crippen LogP contribution in [0.4, 0.5) is 0 Å². The Kier molecular flexibility index (Phi) is 4.36. The normalized spacial score (nSPS) is 13.0. The molecule has 3 aromatic rings. The zero-order valence-electron chi connectivity index (χ0n) is 12.4. The molecule has 1 heterocycles. The second-order valence-electron chi connectivity index (χ2n) is 5.28. The van der Waals surface area contributed by atoms with E-state index in [1.807, 2.05) is 42.5 Å². The molecule has 0 aliphatic carbocycles. The topological polar surface area (TPSA) is 49.6 Å². The monoisotopic (exact) mass is 319 g/mol. The lowest BCUT2D eigenvalue weighted by atomic mass is 9.74. The first kappa shape index (κ1) is 15.2. The largest absolute Gasteiger partial charge is 0.261 e. The van der Waals surface area contributed by atoms with Crippen LogP contribution in [0, 0.1) is 11.3 Å². The van der Waals surface area contributed by atoms with Gasteiger partial charge >= 0.3 is 0 Å². The van der Waals surface area contributed by atoms with Crippen LogP contribution in [0.5, 0.6) is 0 Å². The van der Waals surface area contributed by atoms with Crippen LogP contribution in [0.15, 0.2) is 73.2 Å². The predicted octanol–water partition coefficient (Wildman–Crippen LogP) is 4.18. The maximum absolute atomic E-state index is 10.1. The molecule has 0 radical (unpaired) electrons. The molecule has 0 saturated carbocycles. The van der Waals surface area contributed by atoms with Crippen LogP contribution in [0.3, 0.4) is 0 Å². The molecular weight excluding hydrogens is 306 g/mol. The molecule has 4 heteroatoms. The van der Waals surface area contributed by atoms with Crippen molar-refractivity contribution in [2.24, 2.45) is 0 Å². The Bertz CT molecular complexity index is 811. The highest BCUT2D eigenvalue weighted by molar-refractivity contribution is 6.30. The Morgan fingerprint density at radius 3 is 2.35 bits per heavy atom. The number of nitrogens with zero attached hydrogens (tertiary/aromatic N) is 3. The maximum atomic E-state index is 10.1. The smallest absolute Gasteiger partial charge is 0.130 e. The molecule has 0 fully saturated rings. The number of aromatic nitrogens is 2. The van der Waals surface area contributed by atoms with E-state index in [9.17, 15) is 5.26 Å². The van der Waals surface area contributed by atoms with Gasteiger partial charge in [0.25, 0.3) is 0 Å². The van der Waals surface area contributed by atoms with Crippen LogP contribution < -0.4 is 0 Å². The Hall–Kier alpha value is -2.70. The number of halogens is 1. The molecule has 1 unspecified atom stereocenters. The molecule has 1 atom stereocenters. The summed E-state index contributed by atoms with van der Waals surface area (Å²) in [7, 11) is 0. The minimum absolute atomic E-state index is 0.519. The van der Waals surface area contributed by atoms with E-state index in [1.54, 1.807) is 30.7 Å². The molecule has 0 saturated heterocycles. The van der Waals surface area contributed by atoms with Gasteiger partial charge in [0, 0.05) is 23.8 Å². The number of rotatable bonds is 4. The number of nitriles is 1. The molecule has 0 spiro atoms. The minimum atomic E-state index is -0.903. The van der Waals surface area contributed by atoms with Gasteiger partial charge in [-0.1, -0.05) is 54.1 Å². The highest BCUT2D eigenvalue weighted by Crippen LogP contribution is 2.34. The van der Waals surface area contributed by atoms with Crippen LogP contribution in [-0.4, -0.2) is 9.97 Å². The lowest BCUT2D eigenvalue weighted by Crippen LogP contribution is -2.30. The van der Waals surface area contributed by atoms with E-state index in [4.69, 9.17) is 11.6 Å². The predicted molar refractivity (Wildman–Crippen MR) is 90.0 cm³/mol. The standard InChI is InChI=1S/C19H14ClN3/c20-17-8-6-16(7-9-17)19(14-21,18-13-22-10-11-23-18)12-15-4-2-1-3-5-15/h1-11,13H,12H2. The van der Waals surface area contributed by atoms with Gasteiger partial charge in [0.05, 0.1) is 18.0 Å². The van der Waals surface area contributed by atoms with E-state index in [0.29, 0.717) is 17.1 Å². The average Bonchev–Trinajstić information content (AvgIpc) is 2.62. The Morgan fingerprint density at radius 1 is 1.00 bits per heavy atom. The molecule has 112 valence electrons. The summed E-state index contributed by atoms with van der Waals surface area (Å²) < 4.78 is 0. The summed E-state index contributed by atoms with van der Waals surface area (Å²) in [5.74, 6) is 0. The van der Waals surface area contributed by atoms with E-state index in [-0.39, 0.29) is 0 Å². The van der Waals surface area contributed by atoms with Crippen molar-refractivity contribution in [3.8, 4) is 6.07 Å². The molecule has 0 aliphatic heterocycles. The van der Waals surface area contributed by atoms with Gasteiger partial charge in [0.2, 0.25) is 0 Å². The Morgan fingerprint density at radius 2 is 1.74 bits per heavy atom. The van der Waals surface area contributed by atoms with Crippen LogP contribution in [0.1, 0.15) is 16.8 Å². The highest BCUT2D eigenvalue weighted by atomic mass is 35.5. The fourth-order valence-electron chi connectivity index (χ4n) is 2.66. The SMILES string of the molecule is N#CC(Cc1ccccc1)(c1ccc(Cl)cc1)c1cnccn1. The molecule has 2 aromatic carbocycles. The van der Waals surface area contributed by atoms with Gasteiger partial charge in [0.1, 0.15) is 5.41 Å². The summed E-state index contributed by atoms with van der Waals surface area (Å²) >= 11 is 6.00. The first-order valence-corrected chi connectivity index (χ1v) is 7.60. The van der Waals surface area contributed by atoms with Crippen molar-refractivity contribution in [3.05, 3.63) is 95.0 Å². The molecule has 0 N–H and O–H groups in total. The zero-order valence-corrected chi connectivity index (χ0v) is 13.1. The van der Waals surface area contributed by atoms with Gasteiger partial charge < -0.3 is 0 Å². The second-order valence-corrected chi connectivity index (χ2v) is 5.71. The fraction of sp³-hybridized carbons (Fsp3) is 0.105. The Labute approximate surface area is 140 Å². The lowest BCUT2D eigenvalue weighted by molar-refractivity contribution is 0.626. The van der Waals surface area contributed by atoms with Crippen molar-refractivity contribution in [2.45, 2.75) is 11.8 Å². The molecule has 23 heavy (non-hydrogen) atoms. The van der Waals surface area contributed by atoms with E-state index in [2.05, 4.69) is 16.0 Å². The summed E-state index contributed by atoms with van der Waals surface area (Å²) in [4.78, 5) is 8.54. The van der Waals surface area contributed by atoms with E-state index >= 15 is 0 Å². The van der Waals surface area contributed by atoms with Crippen molar-refractivity contribution in [2.75, 3.05) is 0 Å². The lowest BCUT2D eigenvalue weighted by Gasteiger charge is -2.26. The van der Waals surface area contributed by atoms with Gasteiger partial charge in [-0.25, -0.2) is 0 Å². The van der Waals surface area contributed by atoms with Gasteiger partial charge in [0.15, 0.2) is 0 Å². The summed E-state index contributed by atoms with van der Waals surface area (Å²) in [5, 5.41) is 10.7. The van der Waals surface area contributed by atoms with Crippen molar-refractivity contribution >= 4 is 11.6 Å². The zero-order chi connectivity index (χ0) is 16.1. The van der Waals surface area contributed by atoms with Gasteiger partial charge in [-0.15, -0.1) is 0 Å². The number of hydrogen-bond acceptors (Lipinski definition) is 3. The van der Waals surface area contributed by atoms with Crippen LogP contribution >= 0.6 is 11.6 Å². The third-order valence-electron chi connectivity index (χ3n) is 3.84. The first-order chi connectivity index (χ1) is 11.2. The van der Waals surface area contributed by atoms with Crippen molar-refractivity contribution < 1.29 is 0 Å². The third-order valence-corrected chi connectivity index (χ3v) is 4.09. The van der Waals surface area contributed by atoms with E-state index in [1.165, 1.54) is 0 Å². The molecule has 0 bridgehead atoms. The molecule has 1 aromatic heterocycles. The molecule has 3 rings (SSSR count). The number of hydrogen-bond donors (Lipinski definition) is 0. The maximum Gasteiger partial charge on any atom is 0.130 e. The average molecular weight is 320 g/mol. The van der Waals surface area contributed by atoms with Gasteiger partial charge in [-0.2, -0.15) is 5.26 Å². The van der Waals surface area contributed by atoms with Gasteiger partial charge in [-0.3, -0.25) is 9.97 Å². The van der Waals surface area contributed by atoms with Crippen molar-refractivity contribution in [1.82, 2.24) is 9.97 Å². The number of benzene rings is 2. The van der Waals surface area contributed by atoms with Crippen LogP contribution in [0.25, 0.3) is 0 Å². The first-order valence-electron chi connectivity index (χ1n) is 7.22. The van der Waals surface area contributed by atoms with Gasteiger partial charge in [-0.05, 0) is 23.3 Å². The summed E-state index contributed by atoms with van der Waals surface area (Å²) in [5.41, 5.74) is 1.65. The van der Waals surface area contributed by atoms with Crippen molar-refractivity contribution in [1.29, 1.82) is 5.26 Å². The molecule has 3 nitrogen and oxygen atoms in total. The summed E-state index contributed by atoms with van der Waals surface area (Å²) in [6, 6.07) is 19.7. The molecule has 0 aliphatic rings. The van der Waals surface area contributed by atoms with Crippen LogP contribution in [-0.2, 0) is 11.8 Å².